The van der Waals surface area contributed by atoms with E-state index in [1.54, 1.807) is 66.9 Å². The maximum Gasteiger partial charge on any atom is 0.305 e. The molecule has 0 unspecified atom stereocenters. The van der Waals surface area contributed by atoms with Gasteiger partial charge >= 0.3 is 5.97 Å². The number of imidazole rings is 1. The molecule has 3 aromatic rings. The van der Waals surface area contributed by atoms with Crippen LogP contribution >= 0.6 is 11.8 Å². The Morgan fingerprint density at radius 2 is 1.00 bits per heavy atom. The number of aliphatic carboxylic acids is 1. The fraction of sp³-hybridized carbons (Fsp3) is 0.460. The summed E-state index contributed by atoms with van der Waals surface area (Å²) in [6.07, 6.45) is 1.04. The fourth-order valence-corrected chi connectivity index (χ4v) is 8.06. The van der Waals surface area contributed by atoms with Crippen LogP contribution in [0.25, 0.3) is 0 Å². The first-order valence-electron chi connectivity index (χ1n) is 24.8. The van der Waals surface area contributed by atoms with Crippen LogP contribution in [0.3, 0.4) is 0 Å². The highest BCUT2D eigenvalue weighted by atomic mass is 32.2. The summed E-state index contributed by atoms with van der Waals surface area (Å²) in [5.41, 5.74) is 23.6. The van der Waals surface area contributed by atoms with Gasteiger partial charge in [-0.3, -0.25) is 57.5 Å². The molecule has 0 saturated carbocycles. The number of nitrogens with one attached hydrogen (secondary N) is 9. The molecule has 0 aliphatic rings. The molecular weight excluding hydrogens is 1050 g/mol. The van der Waals surface area contributed by atoms with Crippen molar-refractivity contribution in [3.8, 4) is 0 Å². The molecule has 28 nitrogen and oxygen atoms in total. The van der Waals surface area contributed by atoms with Crippen LogP contribution in [-0.4, -0.2) is 164 Å². The van der Waals surface area contributed by atoms with Crippen molar-refractivity contribution in [1.82, 2.24) is 52.5 Å². The van der Waals surface area contributed by atoms with Crippen LogP contribution in [0.2, 0.25) is 0 Å². The molecule has 3 rings (SSSR count). The number of hydrogen-bond acceptors (Lipinski definition) is 16. The molecule has 0 aliphatic heterocycles. The van der Waals surface area contributed by atoms with E-state index < -0.39 is 164 Å². The molecule has 0 fully saturated rings. The largest absolute Gasteiger partial charge is 0.481 e. The number of hydrogen-bond donors (Lipinski definition) is 15. The summed E-state index contributed by atoms with van der Waals surface area (Å²) in [6, 6.07) is 2.97. The molecule has 0 spiro atoms. The third-order valence-corrected chi connectivity index (χ3v) is 12.5. The Hall–Kier alpha value is -8.44. The summed E-state index contributed by atoms with van der Waals surface area (Å²) < 4.78 is 0. The van der Waals surface area contributed by atoms with Crippen molar-refractivity contribution in [2.75, 3.05) is 18.6 Å². The zero-order valence-corrected chi connectivity index (χ0v) is 44.5. The Bertz CT molecular complexity index is 2580. The van der Waals surface area contributed by atoms with Gasteiger partial charge in [-0.25, -0.2) is 4.98 Å². The number of carboxylic acids is 1. The zero-order chi connectivity index (χ0) is 58.8. The van der Waals surface area contributed by atoms with E-state index in [0.29, 0.717) is 22.6 Å². The van der Waals surface area contributed by atoms with Crippen LogP contribution in [0, 0.1) is 5.92 Å². The molecule has 9 atom stereocenters. The van der Waals surface area contributed by atoms with Crippen molar-refractivity contribution in [3.63, 3.8) is 0 Å². The smallest absolute Gasteiger partial charge is 0.305 e. The lowest BCUT2D eigenvalue weighted by atomic mass is 10.0. The molecule has 19 N–H and O–H groups in total. The van der Waals surface area contributed by atoms with E-state index in [1.807, 2.05) is 0 Å². The predicted molar refractivity (Wildman–Crippen MR) is 285 cm³/mol. The number of nitrogens with two attached hydrogens (primary N) is 4. The highest BCUT2D eigenvalue weighted by Crippen LogP contribution is 2.12. The lowest BCUT2D eigenvalue weighted by molar-refractivity contribution is -0.142. The Kier molecular flexibility index (Phi) is 27.1. The molecule has 1 heterocycles. The van der Waals surface area contributed by atoms with Gasteiger partial charge < -0.3 is 80.7 Å². The van der Waals surface area contributed by atoms with Gasteiger partial charge in [-0.15, -0.1) is 0 Å². The van der Waals surface area contributed by atoms with Gasteiger partial charge in [0.1, 0.15) is 54.4 Å². The monoisotopic (exact) mass is 1120 g/mol. The number of benzene rings is 2. The fourth-order valence-electron chi connectivity index (χ4n) is 7.58. The Morgan fingerprint density at radius 3 is 1.46 bits per heavy atom. The summed E-state index contributed by atoms with van der Waals surface area (Å²) in [5, 5.41) is 38.5. The van der Waals surface area contributed by atoms with Crippen molar-refractivity contribution >= 4 is 82.7 Å². The normalized spacial score (nSPS) is 14.4. The standard InChI is InChI=1S/C50H70N14O14S/c1-26(2)41(64-43(71)30(51)24-65)50(78)58-31(14-15-38(52)66)44(72)63-37(22-40(68)69)49(77)62-36(21-39(53)67)48(76)60-34(19-28-12-8-5-9-13-28)46(74)57-32(16-17-79-3)45(73)61-35(20-29-23-55-25-56-29)47(75)59-33(42(54)70)18-27-10-6-4-7-11-27/h4-13,23,25-26,30-37,41,65H,14-22,24,51H2,1-3H3,(H2,52,66)(H2,53,67)(H2,54,70)(H,55,56)(H,57,74)(H,58,78)(H,59,75)(H,60,76)(H,61,73)(H,62,77)(H,63,72)(H,64,71)(H,68,69)/t30-,31-,32-,33-,34-,35-,36-,37-,41-/m0/s1. The molecule has 2 aromatic carbocycles. The lowest BCUT2D eigenvalue weighted by Gasteiger charge is -2.28. The number of aliphatic hydroxyl groups excluding tert-OH is 1. The van der Waals surface area contributed by atoms with Crippen LogP contribution in [0.15, 0.2) is 73.2 Å². The van der Waals surface area contributed by atoms with Crippen LogP contribution in [0.1, 0.15) is 62.8 Å². The van der Waals surface area contributed by atoms with E-state index in [4.69, 9.17) is 22.9 Å². The first-order valence-corrected chi connectivity index (χ1v) is 26.2. The number of amides is 11. The minimum atomic E-state index is -2.05. The lowest BCUT2D eigenvalue weighted by Crippen LogP contribution is -2.61. The predicted octanol–water partition coefficient (Wildman–Crippen LogP) is -4.85. The number of aromatic amines is 1. The Morgan fingerprint density at radius 1 is 0.557 bits per heavy atom. The van der Waals surface area contributed by atoms with E-state index in [0.717, 1.165) is 0 Å². The highest BCUT2D eigenvalue weighted by Gasteiger charge is 2.37. The van der Waals surface area contributed by atoms with Crippen molar-refractivity contribution in [1.29, 1.82) is 0 Å². The molecule has 29 heteroatoms. The van der Waals surface area contributed by atoms with Gasteiger partial charge in [0, 0.05) is 37.6 Å². The molecule has 430 valence electrons. The molecule has 0 bridgehead atoms. The second kappa shape index (κ2) is 33.0. The van der Waals surface area contributed by atoms with E-state index >= 15 is 0 Å². The van der Waals surface area contributed by atoms with Gasteiger partial charge in [-0.1, -0.05) is 74.5 Å². The summed E-state index contributed by atoms with van der Waals surface area (Å²) in [5.74, 6) is -13.2. The van der Waals surface area contributed by atoms with Gasteiger partial charge in [0.15, 0.2) is 0 Å². The van der Waals surface area contributed by atoms with Crippen molar-refractivity contribution < 1.29 is 67.7 Å². The van der Waals surface area contributed by atoms with Gasteiger partial charge in [-0.05, 0) is 41.9 Å². The maximum absolute atomic E-state index is 14.4. The van der Waals surface area contributed by atoms with E-state index in [9.17, 15) is 67.7 Å². The van der Waals surface area contributed by atoms with Crippen LogP contribution < -0.4 is 65.5 Å². The van der Waals surface area contributed by atoms with Crippen molar-refractivity contribution in [2.45, 2.75) is 120 Å². The third-order valence-electron chi connectivity index (χ3n) is 11.9. The summed E-state index contributed by atoms with van der Waals surface area (Å²) in [6.45, 7) is 2.29. The number of thioether (sulfide) groups is 1. The number of rotatable bonds is 35. The zero-order valence-electron chi connectivity index (χ0n) is 43.7. The Balaban J connectivity index is 1.93. The average molecular weight is 1120 g/mol. The number of aliphatic hydroxyl groups is 1. The van der Waals surface area contributed by atoms with Crippen molar-refractivity contribution in [2.24, 2.45) is 28.9 Å². The van der Waals surface area contributed by atoms with E-state index in [2.05, 4.69) is 52.5 Å². The van der Waals surface area contributed by atoms with Crippen LogP contribution in [0.4, 0.5) is 0 Å². The number of primary amides is 3. The second-order valence-electron chi connectivity index (χ2n) is 18.6. The number of H-pyrrole nitrogens is 1. The maximum atomic E-state index is 14.4. The third kappa shape index (κ3) is 23.0. The number of aromatic nitrogens is 2. The average Bonchev–Trinajstić information content (AvgIpc) is 3.92. The summed E-state index contributed by atoms with van der Waals surface area (Å²) in [7, 11) is 0. The molecule has 0 aliphatic carbocycles. The molecular formula is C50H70N14O14S. The van der Waals surface area contributed by atoms with E-state index in [1.165, 1.54) is 38.1 Å². The molecule has 0 saturated heterocycles. The summed E-state index contributed by atoms with van der Waals surface area (Å²) >= 11 is 1.32. The van der Waals surface area contributed by atoms with Gasteiger partial charge in [-0.2, -0.15) is 11.8 Å². The number of carbonyl (C=O) groups is 12. The quantitative estimate of drug-likeness (QED) is 0.0263. The molecule has 0 radical (unpaired) electrons. The topological polar surface area (TPSA) is 474 Å². The number of nitrogens with zero attached hydrogens (tertiary/aromatic N) is 1. The summed E-state index contributed by atoms with van der Waals surface area (Å²) in [4.78, 5) is 166. The van der Waals surface area contributed by atoms with Gasteiger partial charge in [0.05, 0.1) is 25.8 Å². The number of carboxylic acid groups (broad SMARTS) is 1. The van der Waals surface area contributed by atoms with Crippen LogP contribution in [0.5, 0.6) is 0 Å². The van der Waals surface area contributed by atoms with Gasteiger partial charge in [0.25, 0.3) is 0 Å². The first kappa shape index (κ1) is 64.8. The van der Waals surface area contributed by atoms with Crippen molar-refractivity contribution in [3.05, 3.63) is 90.0 Å². The van der Waals surface area contributed by atoms with Crippen LogP contribution in [-0.2, 0) is 76.8 Å². The Labute approximate surface area is 458 Å². The first-order chi connectivity index (χ1) is 37.4. The van der Waals surface area contributed by atoms with Gasteiger partial charge in [0.2, 0.25) is 65.0 Å². The molecule has 1 aromatic heterocycles. The number of carbonyl (C=O) groups excluding carboxylic acids is 11. The highest BCUT2D eigenvalue weighted by molar-refractivity contribution is 7.98. The van der Waals surface area contributed by atoms with E-state index in [-0.39, 0.29) is 25.7 Å². The molecule has 79 heavy (non-hydrogen) atoms. The SMILES string of the molecule is CSCC[C@H](NC(=O)[C@H](Cc1ccccc1)NC(=O)[C@H](CC(N)=O)NC(=O)[C@H](CC(=O)O)NC(=O)[C@H](CCC(N)=O)NC(=O)[C@@H](NC(=O)[C@@H](N)CO)C(C)C)C(=O)N[C@@H](Cc1cnc[nH]1)C(=O)N[C@@H](Cc1ccccc1)C(N)=O. The second-order valence-corrected chi connectivity index (χ2v) is 19.6. The minimum absolute atomic E-state index is 0.0145. The minimum Gasteiger partial charge on any atom is -0.481 e. The molecule has 11 amide bonds.